The fourth-order valence-electron chi connectivity index (χ4n) is 2.98. The summed E-state index contributed by atoms with van der Waals surface area (Å²) in [5.74, 6) is -1.05. The molecule has 3 N–H and O–H groups in total. The van der Waals surface area contributed by atoms with E-state index in [0.29, 0.717) is 12.1 Å². The molecule has 0 bridgehead atoms. The van der Waals surface area contributed by atoms with Crippen molar-refractivity contribution in [3.8, 4) is 11.8 Å². The molecule has 0 aliphatic carbocycles. The number of phenols is 1. The van der Waals surface area contributed by atoms with E-state index in [2.05, 4.69) is 10.6 Å². The van der Waals surface area contributed by atoms with Gasteiger partial charge < -0.3 is 25.4 Å². The molecule has 0 saturated heterocycles. The van der Waals surface area contributed by atoms with Crippen LogP contribution in [0, 0.1) is 11.3 Å². The molecule has 0 radical (unpaired) electrons. The van der Waals surface area contributed by atoms with Crippen molar-refractivity contribution < 1.29 is 24.2 Å². The van der Waals surface area contributed by atoms with Crippen LogP contribution in [-0.4, -0.2) is 52.6 Å². The summed E-state index contributed by atoms with van der Waals surface area (Å²) in [7, 11) is 0. The second-order valence-electron chi connectivity index (χ2n) is 8.48. The molecule has 1 aromatic rings. The molecular formula is C23H34N4O5. The van der Waals surface area contributed by atoms with E-state index >= 15 is 0 Å². The number of unbranched alkanes of at least 4 members (excludes halogenated alkanes) is 2. The summed E-state index contributed by atoms with van der Waals surface area (Å²) in [5.41, 5.74) is -0.310. The Hall–Kier alpha value is -3.28. The van der Waals surface area contributed by atoms with Gasteiger partial charge in [0.1, 0.15) is 30.0 Å². The standard InChI is InChI=1S/C23H34N4O5/c1-6-7-8-14-25-20(29)19(17-9-11-18(28)12-10-17)27(15-13-24)21(30)16(2)26-22(31)32-23(3,4)5/h9-12,16,19,28H,6-8,14-15H2,1-5H3,(H,25,29)(H,26,31). The lowest BCUT2D eigenvalue weighted by atomic mass is 10.0. The lowest BCUT2D eigenvalue weighted by Crippen LogP contribution is -2.52. The molecule has 1 rings (SSSR count). The maximum atomic E-state index is 13.2. The molecule has 3 amide bonds. The van der Waals surface area contributed by atoms with E-state index in [-0.39, 0.29) is 12.3 Å². The number of carbonyl (C=O) groups excluding carboxylic acids is 3. The molecule has 0 aromatic heterocycles. The third-order valence-electron chi connectivity index (χ3n) is 4.48. The van der Waals surface area contributed by atoms with E-state index in [1.807, 2.05) is 13.0 Å². The first-order chi connectivity index (χ1) is 15.0. The van der Waals surface area contributed by atoms with Crippen LogP contribution in [0.3, 0.4) is 0 Å². The van der Waals surface area contributed by atoms with Crippen molar-refractivity contribution in [3.63, 3.8) is 0 Å². The van der Waals surface area contributed by atoms with Gasteiger partial charge in [-0.2, -0.15) is 5.26 Å². The van der Waals surface area contributed by atoms with Gasteiger partial charge in [0.05, 0.1) is 6.07 Å². The van der Waals surface area contributed by atoms with E-state index in [1.165, 1.54) is 31.2 Å². The highest BCUT2D eigenvalue weighted by molar-refractivity contribution is 5.92. The van der Waals surface area contributed by atoms with Crippen LogP contribution in [0.1, 0.15) is 65.5 Å². The van der Waals surface area contributed by atoms with Gasteiger partial charge in [0.2, 0.25) is 11.8 Å². The van der Waals surface area contributed by atoms with Crippen molar-refractivity contribution in [2.24, 2.45) is 0 Å². The van der Waals surface area contributed by atoms with Crippen LogP contribution >= 0.6 is 0 Å². The highest BCUT2D eigenvalue weighted by atomic mass is 16.6. The van der Waals surface area contributed by atoms with Crippen molar-refractivity contribution >= 4 is 17.9 Å². The largest absolute Gasteiger partial charge is 0.508 e. The monoisotopic (exact) mass is 446 g/mol. The van der Waals surface area contributed by atoms with Crippen molar-refractivity contribution in [2.75, 3.05) is 13.1 Å². The normalized spacial score (nSPS) is 12.8. The van der Waals surface area contributed by atoms with Crippen LogP contribution in [0.4, 0.5) is 4.79 Å². The number of ether oxygens (including phenoxy) is 1. The number of hydrogen-bond acceptors (Lipinski definition) is 6. The first-order valence-electron chi connectivity index (χ1n) is 10.7. The second-order valence-corrected chi connectivity index (χ2v) is 8.48. The summed E-state index contributed by atoms with van der Waals surface area (Å²) in [5, 5.41) is 24.2. The first kappa shape index (κ1) is 26.8. The zero-order valence-corrected chi connectivity index (χ0v) is 19.5. The summed E-state index contributed by atoms with van der Waals surface area (Å²) in [4.78, 5) is 39.4. The maximum absolute atomic E-state index is 13.2. The number of carbonyl (C=O) groups is 3. The minimum atomic E-state index is -1.10. The predicted octanol–water partition coefficient (Wildman–Crippen LogP) is 3.01. The van der Waals surface area contributed by atoms with Crippen LogP contribution in [0.15, 0.2) is 24.3 Å². The van der Waals surface area contributed by atoms with Gasteiger partial charge in [-0.3, -0.25) is 9.59 Å². The molecule has 1 aromatic carbocycles. The molecule has 176 valence electrons. The lowest BCUT2D eigenvalue weighted by molar-refractivity contribution is -0.141. The van der Waals surface area contributed by atoms with Gasteiger partial charge in [0.25, 0.3) is 0 Å². The fraction of sp³-hybridized carbons (Fsp3) is 0.565. The second kappa shape index (κ2) is 12.5. The molecule has 0 spiro atoms. The number of nitrogens with one attached hydrogen (secondary N) is 2. The SMILES string of the molecule is CCCCCNC(=O)C(c1ccc(O)cc1)N(CC#N)C(=O)C(C)NC(=O)OC(C)(C)C. The Balaban J connectivity index is 3.15. The van der Waals surface area contributed by atoms with Crippen LogP contribution in [0.25, 0.3) is 0 Å². The minimum absolute atomic E-state index is 0.00831. The Morgan fingerprint density at radius 1 is 1.19 bits per heavy atom. The average molecular weight is 447 g/mol. The molecule has 0 aliphatic heterocycles. The quantitative estimate of drug-likeness (QED) is 0.374. The van der Waals surface area contributed by atoms with Gasteiger partial charge in [-0.05, 0) is 51.8 Å². The molecule has 32 heavy (non-hydrogen) atoms. The van der Waals surface area contributed by atoms with E-state index in [4.69, 9.17) is 4.74 Å². The molecule has 2 atom stereocenters. The number of amides is 3. The molecule has 0 heterocycles. The summed E-state index contributed by atoms with van der Waals surface area (Å²) >= 11 is 0. The van der Waals surface area contributed by atoms with Crippen LogP contribution in [0.5, 0.6) is 5.75 Å². The third-order valence-corrected chi connectivity index (χ3v) is 4.48. The van der Waals surface area contributed by atoms with Gasteiger partial charge in [0, 0.05) is 6.54 Å². The van der Waals surface area contributed by atoms with E-state index in [9.17, 15) is 24.8 Å². The number of aromatic hydroxyl groups is 1. The molecule has 0 aliphatic rings. The number of benzene rings is 1. The Morgan fingerprint density at radius 3 is 2.34 bits per heavy atom. The van der Waals surface area contributed by atoms with Crippen molar-refractivity contribution in [3.05, 3.63) is 29.8 Å². The van der Waals surface area contributed by atoms with Crippen LogP contribution in [0.2, 0.25) is 0 Å². The smallest absolute Gasteiger partial charge is 0.408 e. The van der Waals surface area contributed by atoms with Gasteiger partial charge in [-0.1, -0.05) is 31.9 Å². The predicted molar refractivity (Wildman–Crippen MR) is 120 cm³/mol. The molecule has 0 saturated carbocycles. The number of hydrogen-bond donors (Lipinski definition) is 3. The Bertz CT molecular complexity index is 811. The fourth-order valence-corrected chi connectivity index (χ4v) is 2.98. The van der Waals surface area contributed by atoms with E-state index < -0.39 is 35.6 Å². The maximum Gasteiger partial charge on any atom is 0.408 e. The van der Waals surface area contributed by atoms with E-state index in [1.54, 1.807) is 20.8 Å². The third kappa shape index (κ3) is 8.84. The number of nitriles is 1. The lowest BCUT2D eigenvalue weighted by Gasteiger charge is -2.32. The van der Waals surface area contributed by atoms with Gasteiger partial charge in [-0.25, -0.2) is 4.79 Å². The number of nitrogens with zero attached hydrogens (tertiary/aromatic N) is 2. The number of alkyl carbamates (subject to hydrolysis) is 1. The minimum Gasteiger partial charge on any atom is -0.508 e. The van der Waals surface area contributed by atoms with Crippen molar-refractivity contribution in [2.45, 2.75) is 71.6 Å². The summed E-state index contributed by atoms with van der Waals surface area (Å²) in [6, 6.07) is 5.64. The highest BCUT2D eigenvalue weighted by Gasteiger charge is 2.34. The molecular weight excluding hydrogens is 412 g/mol. The zero-order chi connectivity index (χ0) is 24.3. The number of rotatable bonds is 10. The molecule has 0 fully saturated rings. The van der Waals surface area contributed by atoms with Gasteiger partial charge in [-0.15, -0.1) is 0 Å². The highest BCUT2D eigenvalue weighted by Crippen LogP contribution is 2.24. The Morgan fingerprint density at radius 2 is 1.81 bits per heavy atom. The number of phenolic OH excluding ortho intramolecular Hbond substituents is 1. The molecule has 9 nitrogen and oxygen atoms in total. The van der Waals surface area contributed by atoms with Crippen LogP contribution < -0.4 is 10.6 Å². The topological polar surface area (TPSA) is 132 Å². The van der Waals surface area contributed by atoms with Crippen molar-refractivity contribution in [1.82, 2.24) is 15.5 Å². The van der Waals surface area contributed by atoms with Crippen molar-refractivity contribution in [1.29, 1.82) is 5.26 Å². The summed E-state index contributed by atoms with van der Waals surface area (Å²) in [6.07, 6.45) is 1.94. The average Bonchev–Trinajstić information content (AvgIpc) is 2.70. The zero-order valence-electron chi connectivity index (χ0n) is 19.5. The Kier molecular flexibility index (Phi) is 10.5. The summed E-state index contributed by atoms with van der Waals surface area (Å²) < 4.78 is 5.19. The Labute approximate surface area is 189 Å². The molecule has 2 unspecified atom stereocenters. The van der Waals surface area contributed by atoms with Gasteiger partial charge in [0.15, 0.2) is 0 Å². The van der Waals surface area contributed by atoms with Crippen LogP contribution in [-0.2, 0) is 14.3 Å². The van der Waals surface area contributed by atoms with E-state index in [0.717, 1.165) is 24.2 Å². The summed E-state index contributed by atoms with van der Waals surface area (Å²) in [6.45, 7) is 8.67. The van der Waals surface area contributed by atoms with Gasteiger partial charge >= 0.3 is 6.09 Å². The first-order valence-corrected chi connectivity index (χ1v) is 10.7. The molecule has 9 heteroatoms.